The average Bonchev–Trinajstić information content (AvgIpc) is 3.81. The van der Waals surface area contributed by atoms with E-state index in [0.717, 1.165) is 58.5 Å². The van der Waals surface area contributed by atoms with Crippen molar-refractivity contribution in [2.24, 2.45) is 5.92 Å². The molecule has 1 fully saturated rings. The van der Waals surface area contributed by atoms with Gasteiger partial charge in [0, 0.05) is 33.7 Å². The van der Waals surface area contributed by atoms with E-state index in [1.165, 1.54) is 36.6 Å². The summed E-state index contributed by atoms with van der Waals surface area (Å²) in [7, 11) is 0. The standard InChI is InChI=1S/C29H24NS.C15H18GeN.Ir/c1-2-9-22(10-3-1)23-13-14-24-25-11-6-12-26(29(25)31-28(24)19-23)27-18-21(15-16-30-27)17-20-7-4-5-8-20;1-12-10-15(13-8-6-5-7-9-13)17-11-14(12)16(2,3)4;/h1-3,6,9-11,13-16,18-20H,4-5,7-8,17H2;5-8,10-11H,1-4H3;/q2*-1;/i17D2;;. The molecule has 49 heavy (non-hydrogen) atoms. The Balaban J connectivity index is 0.000000211. The number of benzene rings is 4. The van der Waals surface area contributed by atoms with Crippen LogP contribution in [0.4, 0.5) is 0 Å². The Morgan fingerprint density at radius 1 is 0.796 bits per heavy atom. The van der Waals surface area contributed by atoms with E-state index in [1.54, 1.807) is 17.5 Å². The molecule has 3 heterocycles. The third kappa shape index (κ3) is 8.16. The van der Waals surface area contributed by atoms with Crippen molar-refractivity contribution < 1.29 is 22.8 Å². The molecule has 0 saturated heterocycles. The Labute approximate surface area is 314 Å². The number of hydrogen-bond acceptors (Lipinski definition) is 3. The maximum atomic E-state index is 8.81. The van der Waals surface area contributed by atoms with E-state index in [9.17, 15) is 0 Å². The molecule has 0 aliphatic heterocycles. The molecule has 1 aliphatic carbocycles. The van der Waals surface area contributed by atoms with Crippen LogP contribution in [0.5, 0.6) is 0 Å². The maximum Gasteiger partial charge on any atom is 0.0319 e. The molecular formula is C44H42GeIrN2S-2. The summed E-state index contributed by atoms with van der Waals surface area (Å²) in [6.45, 7) is 2.19. The summed E-state index contributed by atoms with van der Waals surface area (Å²) in [6, 6.07) is 41.8. The number of aryl methyl sites for hydroxylation is 1. The molecule has 1 radical (unpaired) electrons. The van der Waals surface area contributed by atoms with Gasteiger partial charge in [-0.2, -0.15) is 11.3 Å². The predicted octanol–water partition coefficient (Wildman–Crippen LogP) is 11.7. The fraction of sp³-hybridized carbons (Fsp3) is 0.227. The van der Waals surface area contributed by atoms with Crippen LogP contribution in [-0.2, 0) is 26.5 Å². The number of aromatic nitrogens is 2. The number of hydrogen-bond donors (Lipinski definition) is 0. The molecule has 0 atom stereocenters. The predicted molar refractivity (Wildman–Crippen MR) is 209 cm³/mol. The quantitative estimate of drug-likeness (QED) is 0.123. The molecule has 2 nitrogen and oxygen atoms in total. The fourth-order valence-electron chi connectivity index (χ4n) is 6.75. The van der Waals surface area contributed by atoms with E-state index in [-0.39, 0.29) is 26.0 Å². The second-order valence-corrected chi connectivity index (χ2v) is 25.4. The zero-order chi connectivity index (χ0) is 34.9. The second kappa shape index (κ2) is 15.6. The van der Waals surface area contributed by atoms with Crippen molar-refractivity contribution in [3.63, 3.8) is 0 Å². The van der Waals surface area contributed by atoms with Gasteiger partial charge in [-0.25, -0.2) is 0 Å². The summed E-state index contributed by atoms with van der Waals surface area (Å²) >= 11 is -0.00698. The minimum atomic E-state index is -1.77. The number of fused-ring (bicyclic) bond motifs is 3. The van der Waals surface area contributed by atoms with Crippen molar-refractivity contribution in [1.29, 1.82) is 0 Å². The molecule has 0 spiro atoms. The van der Waals surface area contributed by atoms with Crippen LogP contribution in [0.3, 0.4) is 0 Å². The van der Waals surface area contributed by atoms with Gasteiger partial charge in [0.15, 0.2) is 0 Å². The van der Waals surface area contributed by atoms with Gasteiger partial charge in [0.1, 0.15) is 0 Å². The first-order valence-corrected chi connectivity index (χ1v) is 25.1. The Kier molecular flexibility index (Phi) is 10.5. The van der Waals surface area contributed by atoms with Crippen molar-refractivity contribution in [3.8, 4) is 33.6 Å². The molecule has 0 unspecified atom stereocenters. The average molecular weight is 898 g/mol. The first kappa shape index (κ1) is 32.8. The van der Waals surface area contributed by atoms with Crippen LogP contribution < -0.4 is 4.40 Å². The van der Waals surface area contributed by atoms with Crippen LogP contribution in [-0.4, -0.2) is 23.2 Å². The Bertz CT molecular complexity index is 2260. The summed E-state index contributed by atoms with van der Waals surface area (Å²) < 4.78 is 21.5. The van der Waals surface area contributed by atoms with E-state index in [4.69, 9.17) is 2.74 Å². The smallest absolute Gasteiger partial charge is 0.0319 e. The summed E-state index contributed by atoms with van der Waals surface area (Å²) in [5.41, 5.74) is 8.39. The molecule has 3 aromatic heterocycles. The third-order valence-electron chi connectivity index (χ3n) is 9.19. The molecule has 7 aromatic rings. The molecule has 0 amide bonds. The van der Waals surface area contributed by atoms with Gasteiger partial charge in [0.2, 0.25) is 0 Å². The molecule has 1 aliphatic rings. The molecular weight excluding hydrogens is 853 g/mol. The van der Waals surface area contributed by atoms with E-state index in [2.05, 4.69) is 113 Å². The number of nitrogens with zero attached hydrogens (tertiary/aromatic N) is 2. The Hall–Kier alpha value is -3.41. The fourth-order valence-corrected chi connectivity index (χ4v) is 11.6. The van der Waals surface area contributed by atoms with Crippen LogP contribution >= 0.6 is 11.3 Å². The van der Waals surface area contributed by atoms with Gasteiger partial charge in [-0.05, 0) is 51.3 Å². The molecule has 0 bridgehead atoms. The van der Waals surface area contributed by atoms with Crippen molar-refractivity contribution in [1.82, 2.24) is 9.97 Å². The van der Waals surface area contributed by atoms with Crippen LogP contribution in [0.2, 0.25) is 17.3 Å². The summed E-state index contributed by atoms with van der Waals surface area (Å²) in [6.07, 6.45) is 6.69. The van der Waals surface area contributed by atoms with Crippen LogP contribution in [0.25, 0.3) is 53.8 Å². The van der Waals surface area contributed by atoms with Gasteiger partial charge in [-0.1, -0.05) is 85.2 Å². The largest absolute Gasteiger partial charge is 0.305 e. The molecule has 0 N–H and O–H groups in total. The molecule has 249 valence electrons. The van der Waals surface area contributed by atoms with Crippen molar-refractivity contribution in [2.75, 3.05) is 0 Å². The van der Waals surface area contributed by atoms with E-state index >= 15 is 0 Å². The van der Waals surface area contributed by atoms with Gasteiger partial charge < -0.3 is 4.98 Å². The van der Waals surface area contributed by atoms with E-state index < -0.39 is 19.6 Å². The third-order valence-corrected chi connectivity index (χ3v) is 14.9. The van der Waals surface area contributed by atoms with Crippen molar-refractivity contribution >= 4 is 49.2 Å². The molecule has 4 aromatic carbocycles. The second-order valence-electron chi connectivity index (χ2n) is 13.7. The van der Waals surface area contributed by atoms with Crippen LogP contribution in [0, 0.1) is 25.0 Å². The summed E-state index contributed by atoms with van der Waals surface area (Å²) in [4.78, 5) is 9.24. The number of rotatable bonds is 6. The van der Waals surface area contributed by atoms with Gasteiger partial charge in [0.25, 0.3) is 0 Å². The minimum absolute atomic E-state index is 0. The normalized spacial score (nSPS) is 14.1. The first-order valence-electron chi connectivity index (χ1n) is 17.9. The van der Waals surface area contributed by atoms with Gasteiger partial charge in [-0.3, -0.25) is 0 Å². The zero-order valence-electron chi connectivity index (χ0n) is 30.5. The van der Waals surface area contributed by atoms with Gasteiger partial charge in [-0.15, -0.1) is 23.8 Å². The zero-order valence-corrected chi connectivity index (χ0v) is 33.8. The van der Waals surface area contributed by atoms with Crippen LogP contribution in [0.15, 0.2) is 116 Å². The molecule has 1 saturated carbocycles. The Morgan fingerprint density at radius 2 is 1.59 bits per heavy atom. The summed E-state index contributed by atoms with van der Waals surface area (Å²) in [5, 5.41) is 2.44. The van der Waals surface area contributed by atoms with Gasteiger partial charge in [0.05, 0.1) is 0 Å². The molecule has 8 rings (SSSR count). The van der Waals surface area contributed by atoms with E-state index in [1.807, 2.05) is 42.5 Å². The summed E-state index contributed by atoms with van der Waals surface area (Å²) in [5.74, 6) is 7.29. The van der Waals surface area contributed by atoms with Crippen LogP contribution in [0.1, 0.15) is 39.6 Å². The van der Waals surface area contributed by atoms with Crippen molar-refractivity contribution in [3.05, 3.63) is 139 Å². The SMILES string of the molecule is Cc1cc(-c2[c-]cccc2)nc[c]1[Ge]([CH3])([CH3])[CH3].[2H]C([2H])(c1ccnc(-c2[c-]ccc3c2sc2cc(-c4ccccc4)ccc23)c1)C1CCCC1.[Ir]. The molecule has 5 heteroatoms. The first-order chi connectivity index (χ1) is 24.1. The van der Waals surface area contributed by atoms with Crippen molar-refractivity contribution in [2.45, 2.75) is 56.2 Å². The minimum Gasteiger partial charge on any atom is -0.305 e. The number of thiophene rings is 1. The monoisotopic (exact) mass is 899 g/mol. The number of pyridine rings is 2. The topological polar surface area (TPSA) is 25.8 Å². The Morgan fingerprint density at radius 3 is 2.33 bits per heavy atom. The van der Waals surface area contributed by atoms with Gasteiger partial charge >= 0.3 is 106 Å². The van der Waals surface area contributed by atoms with E-state index in [0.29, 0.717) is 0 Å². The maximum absolute atomic E-state index is 8.81.